The Morgan fingerprint density at radius 1 is 1.04 bits per heavy atom. The standard InChI is InChI=1S/C21H27NO2S/c1-16-9-11-20(12-10-16)25(23,24)22-15-21(3,4)14-19(22)13-18-8-6-5-7-17(18)2/h5-12,19H,13-15H2,1-4H3. The largest absolute Gasteiger partial charge is 0.243 e. The second-order valence-corrected chi connectivity index (χ2v) is 9.91. The van der Waals surface area contributed by atoms with E-state index in [9.17, 15) is 8.42 Å². The summed E-state index contributed by atoms with van der Waals surface area (Å²) in [6, 6.07) is 15.4. The molecule has 1 fully saturated rings. The molecule has 0 aromatic heterocycles. The Labute approximate surface area is 151 Å². The molecule has 0 aliphatic carbocycles. The Kier molecular flexibility index (Phi) is 4.78. The highest BCUT2D eigenvalue weighted by atomic mass is 32.2. The van der Waals surface area contributed by atoms with E-state index in [0.29, 0.717) is 11.4 Å². The third-order valence-electron chi connectivity index (χ3n) is 5.12. The first-order valence-corrected chi connectivity index (χ1v) is 10.3. The van der Waals surface area contributed by atoms with E-state index < -0.39 is 10.0 Å². The molecule has 3 nitrogen and oxygen atoms in total. The van der Waals surface area contributed by atoms with Crippen LogP contribution in [0.2, 0.25) is 0 Å². The van der Waals surface area contributed by atoms with E-state index in [-0.39, 0.29) is 11.5 Å². The normalized spacial score (nSPS) is 20.7. The average Bonchev–Trinajstić information content (AvgIpc) is 2.85. The van der Waals surface area contributed by atoms with E-state index in [0.717, 1.165) is 18.4 Å². The van der Waals surface area contributed by atoms with E-state index in [2.05, 4.69) is 32.9 Å². The van der Waals surface area contributed by atoms with Gasteiger partial charge in [0.05, 0.1) is 4.90 Å². The van der Waals surface area contributed by atoms with Crippen LogP contribution in [-0.2, 0) is 16.4 Å². The molecule has 0 bridgehead atoms. The third kappa shape index (κ3) is 3.80. The molecule has 1 aliphatic heterocycles. The van der Waals surface area contributed by atoms with Crippen molar-refractivity contribution in [1.82, 2.24) is 4.31 Å². The summed E-state index contributed by atoms with van der Waals surface area (Å²) < 4.78 is 28.2. The zero-order valence-corrected chi connectivity index (χ0v) is 16.3. The number of hydrogen-bond acceptors (Lipinski definition) is 2. The van der Waals surface area contributed by atoms with Gasteiger partial charge in [0.2, 0.25) is 10.0 Å². The van der Waals surface area contributed by atoms with E-state index in [1.807, 2.05) is 31.2 Å². The molecule has 1 heterocycles. The summed E-state index contributed by atoms with van der Waals surface area (Å²) in [7, 11) is -3.48. The molecule has 2 aromatic carbocycles. The van der Waals surface area contributed by atoms with Crippen LogP contribution in [0.25, 0.3) is 0 Å². The lowest BCUT2D eigenvalue weighted by Crippen LogP contribution is -2.37. The molecule has 1 aliphatic rings. The summed E-state index contributed by atoms with van der Waals surface area (Å²) in [6.07, 6.45) is 1.65. The van der Waals surface area contributed by atoms with Gasteiger partial charge in [0.15, 0.2) is 0 Å². The maximum absolute atomic E-state index is 13.2. The van der Waals surface area contributed by atoms with Crippen LogP contribution in [0.4, 0.5) is 0 Å². The summed E-state index contributed by atoms with van der Waals surface area (Å²) in [5.74, 6) is 0. The van der Waals surface area contributed by atoms with Gasteiger partial charge in [-0.3, -0.25) is 0 Å². The number of sulfonamides is 1. The minimum atomic E-state index is -3.48. The van der Waals surface area contributed by atoms with Crippen LogP contribution in [0.5, 0.6) is 0 Å². The van der Waals surface area contributed by atoms with Crippen LogP contribution in [-0.4, -0.2) is 25.3 Å². The lowest BCUT2D eigenvalue weighted by molar-refractivity contribution is 0.366. The van der Waals surface area contributed by atoms with E-state index in [4.69, 9.17) is 0 Å². The van der Waals surface area contributed by atoms with Crippen LogP contribution >= 0.6 is 0 Å². The van der Waals surface area contributed by atoms with Gasteiger partial charge in [0.1, 0.15) is 0 Å². The molecule has 0 amide bonds. The number of rotatable bonds is 4. The summed E-state index contributed by atoms with van der Waals surface area (Å²) in [4.78, 5) is 0.394. The SMILES string of the molecule is Cc1ccc(S(=O)(=O)N2CC(C)(C)CC2Cc2ccccc2C)cc1. The topological polar surface area (TPSA) is 37.4 Å². The van der Waals surface area contributed by atoms with Crippen molar-refractivity contribution in [3.8, 4) is 0 Å². The third-order valence-corrected chi connectivity index (χ3v) is 7.04. The molecule has 1 saturated heterocycles. The van der Waals surface area contributed by atoms with Gasteiger partial charge in [-0.1, -0.05) is 55.8 Å². The van der Waals surface area contributed by atoms with Crippen LogP contribution < -0.4 is 0 Å². The second-order valence-electron chi connectivity index (χ2n) is 8.02. The van der Waals surface area contributed by atoms with Gasteiger partial charge in [0.25, 0.3) is 0 Å². The molecule has 1 atom stereocenters. The minimum absolute atomic E-state index is 0.00223. The van der Waals surface area contributed by atoms with Crippen LogP contribution in [0.15, 0.2) is 53.4 Å². The molecule has 3 rings (SSSR count). The molecule has 25 heavy (non-hydrogen) atoms. The molecule has 134 valence electrons. The van der Waals surface area contributed by atoms with Gasteiger partial charge in [-0.25, -0.2) is 8.42 Å². The number of hydrogen-bond donors (Lipinski definition) is 0. The van der Waals surface area contributed by atoms with Crippen LogP contribution in [0.1, 0.15) is 37.0 Å². The highest BCUT2D eigenvalue weighted by molar-refractivity contribution is 7.89. The Hall–Kier alpha value is -1.65. The van der Waals surface area contributed by atoms with Gasteiger partial charge >= 0.3 is 0 Å². The van der Waals surface area contributed by atoms with Gasteiger partial charge in [-0.05, 0) is 55.4 Å². The Morgan fingerprint density at radius 2 is 1.68 bits per heavy atom. The maximum Gasteiger partial charge on any atom is 0.243 e. The van der Waals surface area contributed by atoms with Crippen LogP contribution in [0, 0.1) is 19.3 Å². The second kappa shape index (κ2) is 6.58. The molecular weight excluding hydrogens is 330 g/mol. The summed E-state index contributed by atoms with van der Waals surface area (Å²) >= 11 is 0. The molecule has 0 radical (unpaired) electrons. The number of benzene rings is 2. The quantitative estimate of drug-likeness (QED) is 0.816. The van der Waals surface area contributed by atoms with Crippen molar-refractivity contribution < 1.29 is 8.42 Å². The molecule has 1 unspecified atom stereocenters. The van der Waals surface area contributed by atoms with Crippen molar-refractivity contribution in [2.75, 3.05) is 6.54 Å². The average molecular weight is 358 g/mol. The fourth-order valence-electron chi connectivity index (χ4n) is 3.75. The number of nitrogens with zero attached hydrogens (tertiary/aromatic N) is 1. The highest BCUT2D eigenvalue weighted by Gasteiger charge is 2.43. The Balaban J connectivity index is 1.94. The van der Waals surface area contributed by atoms with Gasteiger partial charge in [-0.15, -0.1) is 0 Å². The zero-order valence-electron chi connectivity index (χ0n) is 15.5. The predicted octanol–water partition coefficient (Wildman–Crippen LogP) is 4.34. The van der Waals surface area contributed by atoms with Gasteiger partial charge in [0, 0.05) is 12.6 Å². The van der Waals surface area contributed by atoms with Crippen molar-refractivity contribution >= 4 is 10.0 Å². The molecule has 0 saturated carbocycles. The fourth-order valence-corrected chi connectivity index (χ4v) is 5.56. The van der Waals surface area contributed by atoms with E-state index >= 15 is 0 Å². The summed E-state index contributed by atoms with van der Waals surface area (Å²) in [5.41, 5.74) is 3.51. The smallest absolute Gasteiger partial charge is 0.207 e. The highest BCUT2D eigenvalue weighted by Crippen LogP contribution is 2.39. The molecule has 0 spiro atoms. The van der Waals surface area contributed by atoms with Crippen LogP contribution in [0.3, 0.4) is 0 Å². The number of aryl methyl sites for hydroxylation is 2. The van der Waals surface area contributed by atoms with Gasteiger partial charge in [-0.2, -0.15) is 4.31 Å². The molecule has 2 aromatic rings. The lowest BCUT2D eigenvalue weighted by Gasteiger charge is -2.25. The van der Waals surface area contributed by atoms with Crippen molar-refractivity contribution in [2.45, 2.75) is 51.5 Å². The van der Waals surface area contributed by atoms with Crippen molar-refractivity contribution in [2.24, 2.45) is 5.41 Å². The first-order chi connectivity index (χ1) is 11.7. The predicted molar refractivity (Wildman–Crippen MR) is 102 cm³/mol. The van der Waals surface area contributed by atoms with E-state index in [1.54, 1.807) is 16.4 Å². The van der Waals surface area contributed by atoms with Crippen molar-refractivity contribution in [1.29, 1.82) is 0 Å². The molecule has 0 N–H and O–H groups in total. The minimum Gasteiger partial charge on any atom is -0.207 e. The van der Waals surface area contributed by atoms with Crippen molar-refractivity contribution in [3.05, 3.63) is 65.2 Å². The lowest BCUT2D eigenvalue weighted by atomic mass is 9.88. The summed E-state index contributed by atoms with van der Waals surface area (Å²) in [6.45, 7) is 8.94. The first kappa shape index (κ1) is 18.2. The fraction of sp³-hybridized carbons (Fsp3) is 0.429. The van der Waals surface area contributed by atoms with Gasteiger partial charge < -0.3 is 0 Å². The van der Waals surface area contributed by atoms with E-state index in [1.165, 1.54) is 11.1 Å². The Morgan fingerprint density at radius 3 is 2.32 bits per heavy atom. The Bertz CT molecular complexity index is 854. The molecular formula is C21H27NO2S. The first-order valence-electron chi connectivity index (χ1n) is 8.82. The summed E-state index contributed by atoms with van der Waals surface area (Å²) in [5, 5.41) is 0. The molecule has 4 heteroatoms. The maximum atomic E-state index is 13.2. The monoisotopic (exact) mass is 357 g/mol. The van der Waals surface area contributed by atoms with Crippen molar-refractivity contribution in [3.63, 3.8) is 0 Å². The zero-order chi connectivity index (χ0) is 18.2.